The fourth-order valence-electron chi connectivity index (χ4n) is 1.91. The Kier molecular flexibility index (Phi) is 5.35. The van der Waals surface area contributed by atoms with Crippen LogP contribution in [0.4, 0.5) is 10.1 Å². The van der Waals surface area contributed by atoms with Crippen molar-refractivity contribution in [3.63, 3.8) is 0 Å². The predicted octanol–water partition coefficient (Wildman–Crippen LogP) is 2.24. The van der Waals surface area contributed by atoms with Crippen LogP contribution in [0.3, 0.4) is 0 Å². The minimum absolute atomic E-state index is 0. The molecule has 7 heteroatoms. The van der Waals surface area contributed by atoms with Gasteiger partial charge in [0.25, 0.3) is 0 Å². The molecular weight excluding hydrogens is 269 g/mol. The van der Waals surface area contributed by atoms with Crippen LogP contribution in [0.2, 0.25) is 0 Å². The van der Waals surface area contributed by atoms with Crippen LogP contribution in [0.1, 0.15) is 17.0 Å². The lowest BCUT2D eigenvalue weighted by Crippen LogP contribution is -2.00. The highest BCUT2D eigenvalue weighted by molar-refractivity contribution is 5.85. The Morgan fingerprint density at radius 3 is 2.53 bits per heavy atom. The molecule has 0 unspecified atom stereocenters. The zero-order valence-electron chi connectivity index (χ0n) is 11.4. The van der Waals surface area contributed by atoms with Crippen LogP contribution in [-0.2, 0) is 20.1 Å². The number of rotatable bonds is 5. The predicted molar refractivity (Wildman–Crippen MR) is 75.5 cm³/mol. The second-order valence-electron chi connectivity index (χ2n) is 4.35. The first-order valence-electron chi connectivity index (χ1n) is 5.93. The number of nitrogens with one attached hydrogen (secondary N) is 1. The summed E-state index contributed by atoms with van der Waals surface area (Å²) in [6.07, 6.45) is 3.82. The lowest BCUT2D eigenvalue weighted by atomic mass is 10.2. The topological polar surface area (TPSA) is 47.7 Å². The molecule has 0 bridgehead atoms. The van der Waals surface area contributed by atoms with E-state index in [0.29, 0.717) is 13.1 Å². The lowest BCUT2D eigenvalue weighted by Gasteiger charge is -2.03. The van der Waals surface area contributed by atoms with Gasteiger partial charge in [0.05, 0.1) is 23.6 Å². The van der Waals surface area contributed by atoms with Gasteiger partial charge >= 0.3 is 0 Å². The number of aromatic nitrogens is 4. The normalized spacial score (nSPS) is 10.3. The summed E-state index contributed by atoms with van der Waals surface area (Å²) in [6, 6.07) is 0. The number of hydrogen-bond donors (Lipinski definition) is 1. The van der Waals surface area contributed by atoms with Crippen molar-refractivity contribution in [3.8, 4) is 0 Å². The van der Waals surface area contributed by atoms with Crippen molar-refractivity contribution >= 4 is 18.1 Å². The lowest BCUT2D eigenvalue weighted by molar-refractivity contribution is 0.426. The summed E-state index contributed by atoms with van der Waals surface area (Å²) in [7, 11) is 1.90. The van der Waals surface area contributed by atoms with Crippen molar-refractivity contribution in [1.29, 1.82) is 0 Å². The number of alkyl halides is 1. The van der Waals surface area contributed by atoms with Crippen molar-refractivity contribution in [1.82, 2.24) is 19.6 Å². The van der Waals surface area contributed by atoms with Gasteiger partial charge < -0.3 is 5.32 Å². The summed E-state index contributed by atoms with van der Waals surface area (Å²) in [6.45, 7) is 4.49. The summed E-state index contributed by atoms with van der Waals surface area (Å²) in [5.41, 5.74) is 3.98. The molecule has 5 nitrogen and oxygen atoms in total. The van der Waals surface area contributed by atoms with Gasteiger partial charge in [-0.05, 0) is 13.8 Å². The summed E-state index contributed by atoms with van der Waals surface area (Å²) in [5, 5.41) is 11.8. The number of anilines is 1. The van der Waals surface area contributed by atoms with E-state index in [0.717, 1.165) is 22.6 Å². The van der Waals surface area contributed by atoms with E-state index in [9.17, 15) is 4.39 Å². The minimum Gasteiger partial charge on any atom is -0.378 e. The van der Waals surface area contributed by atoms with Crippen molar-refractivity contribution in [2.75, 3.05) is 12.0 Å². The van der Waals surface area contributed by atoms with E-state index in [2.05, 4.69) is 15.5 Å². The molecule has 0 aliphatic carbocycles. The Hall–Kier alpha value is -1.56. The van der Waals surface area contributed by atoms with Gasteiger partial charge in [-0.25, -0.2) is 4.39 Å². The standard InChI is InChI=1S/C12H18FN5.ClH/c1-9-11(7-17(3)15-9)6-14-12-8-18(5-4-13)16-10(12)2;/h7-8,14H,4-6H2,1-3H3;1H. The number of nitrogens with zero attached hydrogens (tertiary/aromatic N) is 4. The zero-order chi connectivity index (χ0) is 13.1. The molecule has 0 spiro atoms. The molecule has 0 fully saturated rings. The average molecular weight is 288 g/mol. The van der Waals surface area contributed by atoms with Crippen LogP contribution < -0.4 is 5.32 Å². The molecule has 19 heavy (non-hydrogen) atoms. The molecule has 0 atom stereocenters. The van der Waals surface area contributed by atoms with Gasteiger partial charge in [-0.3, -0.25) is 9.36 Å². The van der Waals surface area contributed by atoms with E-state index in [1.54, 1.807) is 9.36 Å². The van der Waals surface area contributed by atoms with E-state index < -0.39 is 6.67 Å². The number of aryl methyl sites for hydroxylation is 4. The van der Waals surface area contributed by atoms with Gasteiger partial charge in [0, 0.05) is 31.5 Å². The highest BCUT2D eigenvalue weighted by Gasteiger charge is 2.07. The Morgan fingerprint density at radius 1 is 1.21 bits per heavy atom. The van der Waals surface area contributed by atoms with Crippen LogP contribution in [-0.4, -0.2) is 26.2 Å². The molecule has 0 amide bonds. The third-order valence-electron chi connectivity index (χ3n) is 2.84. The Bertz CT molecular complexity index is 534. The third-order valence-corrected chi connectivity index (χ3v) is 2.84. The molecule has 0 saturated heterocycles. The van der Waals surface area contributed by atoms with E-state index in [4.69, 9.17) is 0 Å². The van der Waals surface area contributed by atoms with Crippen molar-refractivity contribution in [3.05, 3.63) is 29.3 Å². The Labute approximate surface area is 118 Å². The largest absolute Gasteiger partial charge is 0.378 e. The van der Waals surface area contributed by atoms with Gasteiger partial charge in [-0.1, -0.05) is 0 Å². The fraction of sp³-hybridized carbons (Fsp3) is 0.500. The highest BCUT2D eigenvalue weighted by Crippen LogP contribution is 2.15. The van der Waals surface area contributed by atoms with Gasteiger partial charge in [0.1, 0.15) is 6.67 Å². The molecule has 2 heterocycles. The monoisotopic (exact) mass is 287 g/mol. The molecule has 106 valence electrons. The first-order valence-corrected chi connectivity index (χ1v) is 5.93. The summed E-state index contributed by atoms with van der Waals surface area (Å²) in [4.78, 5) is 0. The van der Waals surface area contributed by atoms with E-state index in [1.807, 2.05) is 33.3 Å². The SMILES string of the molecule is Cc1nn(C)cc1CNc1cn(CCF)nc1C.Cl. The minimum atomic E-state index is -0.401. The van der Waals surface area contributed by atoms with Gasteiger partial charge in [0.15, 0.2) is 0 Å². The van der Waals surface area contributed by atoms with Crippen LogP contribution in [0.25, 0.3) is 0 Å². The molecule has 0 aliphatic heterocycles. The summed E-state index contributed by atoms with van der Waals surface area (Å²) in [5.74, 6) is 0. The molecule has 0 aliphatic rings. The Morgan fingerprint density at radius 2 is 1.95 bits per heavy atom. The second kappa shape index (κ2) is 6.56. The molecule has 1 N–H and O–H groups in total. The molecular formula is C12H19ClFN5. The molecule has 0 saturated carbocycles. The maximum atomic E-state index is 12.2. The van der Waals surface area contributed by atoms with E-state index in [1.165, 1.54) is 0 Å². The van der Waals surface area contributed by atoms with Crippen molar-refractivity contribution < 1.29 is 4.39 Å². The van der Waals surface area contributed by atoms with Gasteiger partial charge in [-0.15, -0.1) is 12.4 Å². The Balaban J connectivity index is 0.00000180. The maximum Gasteiger partial charge on any atom is 0.109 e. The van der Waals surface area contributed by atoms with Crippen LogP contribution in [0.5, 0.6) is 0 Å². The first kappa shape index (κ1) is 15.5. The number of halogens is 2. The van der Waals surface area contributed by atoms with Crippen LogP contribution in [0, 0.1) is 13.8 Å². The van der Waals surface area contributed by atoms with E-state index >= 15 is 0 Å². The quantitative estimate of drug-likeness (QED) is 0.917. The molecule has 0 aromatic carbocycles. The highest BCUT2D eigenvalue weighted by atomic mass is 35.5. The van der Waals surface area contributed by atoms with Crippen molar-refractivity contribution in [2.45, 2.75) is 26.9 Å². The number of hydrogen-bond acceptors (Lipinski definition) is 3. The third kappa shape index (κ3) is 3.70. The van der Waals surface area contributed by atoms with E-state index in [-0.39, 0.29) is 12.4 Å². The molecule has 2 aromatic rings. The molecule has 0 radical (unpaired) electrons. The van der Waals surface area contributed by atoms with Crippen molar-refractivity contribution in [2.24, 2.45) is 7.05 Å². The second-order valence-corrected chi connectivity index (χ2v) is 4.35. The average Bonchev–Trinajstić information content (AvgIpc) is 2.80. The molecule has 2 aromatic heterocycles. The van der Waals surface area contributed by atoms with Gasteiger partial charge in [0.2, 0.25) is 0 Å². The van der Waals surface area contributed by atoms with Crippen LogP contribution in [0.15, 0.2) is 12.4 Å². The fourth-order valence-corrected chi connectivity index (χ4v) is 1.91. The smallest absolute Gasteiger partial charge is 0.109 e. The maximum absolute atomic E-state index is 12.2. The van der Waals surface area contributed by atoms with Gasteiger partial charge in [-0.2, -0.15) is 10.2 Å². The summed E-state index contributed by atoms with van der Waals surface area (Å²) < 4.78 is 15.7. The van der Waals surface area contributed by atoms with Crippen LogP contribution >= 0.6 is 12.4 Å². The summed E-state index contributed by atoms with van der Waals surface area (Å²) >= 11 is 0. The molecule has 2 rings (SSSR count). The zero-order valence-corrected chi connectivity index (χ0v) is 12.2. The first-order chi connectivity index (χ1) is 8.60.